The second kappa shape index (κ2) is 6.53. The minimum atomic E-state index is -0.588. The molecule has 0 aromatic heterocycles. The first-order valence-electron chi connectivity index (χ1n) is 6.13. The van der Waals surface area contributed by atoms with Crippen molar-refractivity contribution in [3.8, 4) is 17.6 Å². The third kappa shape index (κ3) is 3.57. The van der Waals surface area contributed by atoms with Crippen LogP contribution in [0.4, 0.5) is 4.39 Å². The average molecular weight is 285 g/mol. The van der Waals surface area contributed by atoms with Crippen LogP contribution in [0.25, 0.3) is 0 Å². The minimum Gasteiger partial charge on any atom is -0.497 e. The number of ether oxygens (including phenoxy) is 2. The van der Waals surface area contributed by atoms with Gasteiger partial charge in [-0.3, -0.25) is 4.79 Å². The summed E-state index contributed by atoms with van der Waals surface area (Å²) in [6, 6.07) is 12.2. The summed E-state index contributed by atoms with van der Waals surface area (Å²) in [6.07, 6.45) is 0. The molecule has 2 aromatic rings. The van der Waals surface area contributed by atoms with Gasteiger partial charge in [0.2, 0.25) is 5.78 Å². The number of nitrogens with zero attached hydrogens (tertiary/aromatic N) is 1. The van der Waals surface area contributed by atoms with Crippen molar-refractivity contribution in [3.05, 3.63) is 59.4 Å². The highest BCUT2D eigenvalue weighted by molar-refractivity contribution is 5.97. The zero-order valence-corrected chi connectivity index (χ0v) is 11.3. The molecule has 0 fully saturated rings. The van der Waals surface area contributed by atoms with Crippen molar-refractivity contribution in [3.63, 3.8) is 0 Å². The van der Waals surface area contributed by atoms with E-state index in [4.69, 9.17) is 14.7 Å². The summed E-state index contributed by atoms with van der Waals surface area (Å²) >= 11 is 0. The van der Waals surface area contributed by atoms with Gasteiger partial charge in [0.05, 0.1) is 24.3 Å². The van der Waals surface area contributed by atoms with E-state index in [1.54, 1.807) is 18.2 Å². The van der Waals surface area contributed by atoms with E-state index in [1.807, 2.05) is 6.07 Å². The van der Waals surface area contributed by atoms with E-state index in [9.17, 15) is 9.18 Å². The fourth-order valence-corrected chi connectivity index (χ4v) is 1.75. The van der Waals surface area contributed by atoms with Gasteiger partial charge in [-0.25, -0.2) is 4.39 Å². The molecule has 4 nitrogen and oxygen atoms in total. The molecule has 0 heterocycles. The van der Waals surface area contributed by atoms with Crippen LogP contribution < -0.4 is 9.47 Å². The Morgan fingerprint density at radius 1 is 1.24 bits per heavy atom. The molecule has 0 aliphatic rings. The first-order chi connectivity index (χ1) is 10.1. The molecule has 0 N–H and O–H groups in total. The van der Waals surface area contributed by atoms with Gasteiger partial charge in [-0.05, 0) is 24.3 Å². The number of hydrogen-bond donors (Lipinski definition) is 0. The summed E-state index contributed by atoms with van der Waals surface area (Å²) in [4.78, 5) is 11.9. The summed E-state index contributed by atoms with van der Waals surface area (Å²) in [5.74, 6) is -0.304. The molecule has 5 heteroatoms. The molecule has 0 amide bonds. The molecule has 0 aliphatic carbocycles. The van der Waals surface area contributed by atoms with E-state index >= 15 is 0 Å². The van der Waals surface area contributed by atoms with Crippen molar-refractivity contribution in [1.29, 1.82) is 5.26 Å². The van der Waals surface area contributed by atoms with Crippen molar-refractivity contribution >= 4 is 5.78 Å². The van der Waals surface area contributed by atoms with Crippen LogP contribution in [0.1, 0.15) is 15.9 Å². The van der Waals surface area contributed by atoms with Crippen molar-refractivity contribution in [2.45, 2.75) is 0 Å². The molecule has 0 aliphatic heterocycles. The predicted molar refractivity (Wildman–Crippen MR) is 73.9 cm³/mol. The summed E-state index contributed by atoms with van der Waals surface area (Å²) in [5.41, 5.74) is 0.323. The number of carbonyl (C=O) groups is 1. The molecule has 0 atom stereocenters. The molecular formula is C16H12FNO3. The molecule has 0 unspecified atom stereocenters. The Balaban J connectivity index is 2.12. The van der Waals surface area contributed by atoms with Gasteiger partial charge in [-0.2, -0.15) is 5.26 Å². The first-order valence-corrected chi connectivity index (χ1v) is 6.13. The van der Waals surface area contributed by atoms with E-state index in [0.29, 0.717) is 17.1 Å². The predicted octanol–water partition coefficient (Wildman–Crippen LogP) is 2.97. The number of halogens is 1. The molecular weight excluding hydrogens is 273 g/mol. The number of Topliss-reactive ketones (excluding diaryl/α,β-unsaturated/α-hetero) is 1. The maximum absolute atomic E-state index is 13.5. The van der Waals surface area contributed by atoms with Gasteiger partial charge in [-0.15, -0.1) is 0 Å². The molecule has 0 bridgehead atoms. The fourth-order valence-electron chi connectivity index (χ4n) is 1.75. The second-order valence-corrected chi connectivity index (χ2v) is 4.20. The van der Waals surface area contributed by atoms with Crippen LogP contribution in [0, 0.1) is 17.1 Å². The molecule has 0 saturated heterocycles. The van der Waals surface area contributed by atoms with Crippen LogP contribution in [0.2, 0.25) is 0 Å². The zero-order chi connectivity index (χ0) is 15.2. The van der Waals surface area contributed by atoms with Gasteiger partial charge in [0.25, 0.3) is 0 Å². The molecule has 2 rings (SSSR count). The second-order valence-electron chi connectivity index (χ2n) is 4.20. The van der Waals surface area contributed by atoms with Gasteiger partial charge in [0, 0.05) is 6.07 Å². The highest BCUT2D eigenvalue weighted by Crippen LogP contribution is 2.22. The Labute approximate surface area is 121 Å². The Kier molecular flexibility index (Phi) is 4.52. The number of ketones is 1. The number of methoxy groups -OCH3 is 1. The molecule has 21 heavy (non-hydrogen) atoms. The van der Waals surface area contributed by atoms with Crippen molar-refractivity contribution in [2.75, 3.05) is 13.7 Å². The Hall–Kier alpha value is -2.87. The fraction of sp³-hybridized carbons (Fsp3) is 0.125. The van der Waals surface area contributed by atoms with Crippen LogP contribution in [-0.2, 0) is 0 Å². The third-order valence-corrected chi connectivity index (χ3v) is 2.79. The van der Waals surface area contributed by atoms with Crippen LogP contribution in [-0.4, -0.2) is 19.5 Å². The van der Waals surface area contributed by atoms with Crippen LogP contribution in [0.5, 0.6) is 11.5 Å². The number of nitriles is 1. The van der Waals surface area contributed by atoms with Gasteiger partial charge in [-0.1, -0.05) is 12.1 Å². The van der Waals surface area contributed by atoms with Crippen LogP contribution >= 0.6 is 0 Å². The first kappa shape index (κ1) is 14.5. The van der Waals surface area contributed by atoms with Crippen molar-refractivity contribution < 1.29 is 18.7 Å². The van der Waals surface area contributed by atoms with Crippen LogP contribution in [0.3, 0.4) is 0 Å². The van der Waals surface area contributed by atoms with Gasteiger partial charge in [0.1, 0.15) is 17.3 Å². The van der Waals surface area contributed by atoms with E-state index in [-0.39, 0.29) is 12.2 Å². The highest BCUT2D eigenvalue weighted by Gasteiger charge is 2.12. The summed E-state index contributed by atoms with van der Waals surface area (Å²) in [6.45, 7) is -0.320. The smallest absolute Gasteiger partial charge is 0.203 e. The number of rotatable bonds is 5. The van der Waals surface area contributed by atoms with Gasteiger partial charge < -0.3 is 9.47 Å². The SMILES string of the molecule is COc1cc(C#N)cc(OCC(=O)c2ccccc2F)c1. The lowest BCUT2D eigenvalue weighted by molar-refractivity contribution is 0.0917. The molecule has 0 saturated carbocycles. The van der Waals surface area contributed by atoms with Gasteiger partial charge >= 0.3 is 0 Å². The van der Waals surface area contributed by atoms with E-state index < -0.39 is 11.6 Å². The van der Waals surface area contributed by atoms with E-state index in [0.717, 1.165) is 0 Å². The molecule has 0 radical (unpaired) electrons. The molecule has 2 aromatic carbocycles. The lowest BCUT2D eigenvalue weighted by atomic mass is 10.1. The van der Waals surface area contributed by atoms with Crippen LogP contribution in [0.15, 0.2) is 42.5 Å². The average Bonchev–Trinajstić information content (AvgIpc) is 2.52. The molecule has 0 spiro atoms. The summed E-state index contributed by atoms with van der Waals surface area (Å²) in [5, 5.41) is 8.90. The van der Waals surface area contributed by atoms with E-state index in [2.05, 4.69) is 0 Å². The maximum atomic E-state index is 13.5. The normalized spacial score (nSPS) is 9.76. The quantitative estimate of drug-likeness (QED) is 0.792. The maximum Gasteiger partial charge on any atom is 0.203 e. The van der Waals surface area contributed by atoms with Crippen molar-refractivity contribution in [2.24, 2.45) is 0 Å². The lowest BCUT2D eigenvalue weighted by Gasteiger charge is -2.08. The number of carbonyl (C=O) groups excluding carboxylic acids is 1. The summed E-state index contributed by atoms with van der Waals surface area (Å²) < 4.78 is 23.8. The Morgan fingerprint density at radius 3 is 2.62 bits per heavy atom. The zero-order valence-electron chi connectivity index (χ0n) is 11.3. The third-order valence-electron chi connectivity index (χ3n) is 2.79. The number of hydrogen-bond acceptors (Lipinski definition) is 4. The number of benzene rings is 2. The largest absolute Gasteiger partial charge is 0.497 e. The minimum absolute atomic E-state index is 0.0269. The standard InChI is InChI=1S/C16H12FNO3/c1-20-12-6-11(9-18)7-13(8-12)21-10-16(19)14-4-2-3-5-15(14)17/h2-8H,10H2,1H3. The topological polar surface area (TPSA) is 59.3 Å². The van der Waals surface area contributed by atoms with Gasteiger partial charge in [0.15, 0.2) is 6.61 Å². The monoisotopic (exact) mass is 285 g/mol. The van der Waals surface area contributed by atoms with Crippen molar-refractivity contribution in [1.82, 2.24) is 0 Å². The Morgan fingerprint density at radius 2 is 1.95 bits per heavy atom. The summed E-state index contributed by atoms with van der Waals surface area (Å²) in [7, 11) is 1.46. The van der Waals surface area contributed by atoms with E-state index in [1.165, 1.54) is 31.4 Å². The Bertz CT molecular complexity index is 707. The highest BCUT2D eigenvalue weighted by atomic mass is 19.1. The molecule has 106 valence electrons. The lowest BCUT2D eigenvalue weighted by Crippen LogP contribution is -2.13.